The summed E-state index contributed by atoms with van der Waals surface area (Å²) >= 11 is 3.77. The molecule has 0 spiro atoms. The van der Waals surface area contributed by atoms with Gasteiger partial charge in [-0.25, -0.2) is 0 Å². The Balaban J connectivity index is 2.05. The molecule has 0 N–H and O–H groups in total. The third-order valence-electron chi connectivity index (χ3n) is 2.34. The van der Waals surface area contributed by atoms with Crippen LogP contribution < -0.4 is 0 Å². The maximum atomic E-state index is 2.25. The van der Waals surface area contributed by atoms with E-state index in [0.717, 1.165) is 0 Å². The Labute approximate surface area is 118 Å². The first kappa shape index (κ1) is 13.3. The molecule has 0 aromatic heterocycles. The van der Waals surface area contributed by atoms with Gasteiger partial charge in [0.2, 0.25) is 0 Å². The number of rotatable bonds is 5. The minimum Gasteiger partial charge on any atom is -0.107 e. The molecule has 2 heteroatoms. The molecule has 0 saturated heterocycles. The van der Waals surface area contributed by atoms with E-state index in [1.807, 2.05) is 23.5 Å². The van der Waals surface area contributed by atoms with Gasteiger partial charge < -0.3 is 0 Å². The van der Waals surface area contributed by atoms with Gasteiger partial charge in [-0.1, -0.05) is 48.6 Å². The molecule has 2 aromatic carbocycles. The predicted octanol–water partition coefficient (Wildman–Crippen LogP) is 5.47. The van der Waals surface area contributed by atoms with Crippen molar-refractivity contribution in [2.75, 3.05) is 0 Å². The Bertz CT molecular complexity index is 435. The molecular weight excluding hydrogens is 256 g/mol. The number of hydrogen-bond acceptors (Lipinski definition) is 2. The quantitative estimate of drug-likeness (QED) is 0.402. The minimum atomic E-state index is 0.416. The summed E-state index contributed by atoms with van der Waals surface area (Å²) < 4.78 is 0.416. The average Bonchev–Trinajstić information content (AvgIpc) is 2.41. The summed E-state index contributed by atoms with van der Waals surface area (Å²) in [5.41, 5.74) is 0. The number of thioether (sulfide) groups is 2. The normalized spacial score (nSPS) is 11.2. The predicted molar refractivity (Wildman–Crippen MR) is 83.2 cm³/mol. The van der Waals surface area contributed by atoms with Crippen LogP contribution in [0, 0.1) is 0 Å². The first-order valence-electron chi connectivity index (χ1n) is 5.95. The number of hydrogen-bond donors (Lipinski definition) is 0. The van der Waals surface area contributed by atoms with E-state index < -0.39 is 0 Å². The Hall–Kier alpha value is -1.12. The number of benzene rings is 2. The topological polar surface area (TPSA) is 0 Å². The lowest BCUT2D eigenvalue weighted by atomic mass is 10.4. The zero-order valence-electron chi connectivity index (χ0n) is 10.3. The maximum absolute atomic E-state index is 2.25. The highest BCUT2D eigenvalue weighted by atomic mass is 32.2. The van der Waals surface area contributed by atoms with Crippen LogP contribution in [0.4, 0.5) is 0 Å². The fourth-order valence-electron chi connectivity index (χ4n) is 1.53. The molecule has 0 unspecified atom stereocenters. The van der Waals surface area contributed by atoms with E-state index in [2.05, 4.69) is 79.7 Å². The summed E-state index contributed by atoms with van der Waals surface area (Å²) in [6.45, 7) is 2.07. The van der Waals surface area contributed by atoms with Gasteiger partial charge in [0.1, 0.15) is 0 Å². The molecule has 0 heterocycles. The lowest BCUT2D eigenvalue weighted by molar-refractivity contribution is 1.42. The summed E-state index contributed by atoms with van der Waals surface area (Å²) in [7, 11) is 0. The standard InChI is InChI=1S/C16H16S2/c1-2-9-16(17-14-10-5-3-6-11-14)18-15-12-7-4-8-13-15/h2-13,16H,1H3/b9-2+. The molecule has 0 radical (unpaired) electrons. The second kappa shape index (κ2) is 7.34. The second-order valence-electron chi connectivity index (χ2n) is 3.76. The Morgan fingerprint density at radius 1 is 0.778 bits per heavy atom. The molecule has 0 saturated carbocycles. The summed E-state index contributed by atoms with van der Waals surface area (Å²) in [5.74, 6) is 0. The summed E-state index contributed by atoms with van der Waals surface area (Å²) in [6, 6.07) is 21.1. The van der Waals surface area contributed by atoms with Crippen molar-refractivity contribution in [1.29, 1.82) is 0 Å². The Kier molecular flexibility index (Phi) is 5.43. The Morgan fingerprint density at radius 2 is 1.22 bits per heavy atom. The zero-order chi connectivity index (χ0) is 12.6. The molecule has 0 atom stereocenters. The van der Waals surface area contributed by atoms with E-state index in [9.17, 15) is 0 Å². The van der Waals surface area contributed by atoms with Gasteiger partial charge in [-0.2, -0.15) is 0 Å². The van der Waals surface area contributed by atoms with E-state index >= 15 is 0 Å². The van der Waals surface area contributed by atoms with Crippen LogP contribution in [0.1, 0.15) is 6.92 Å². The van der Waals surface area contributed by atoms with E-state index in [1.54, 1.807) is 0 Å². The average molecular weight is 272 g/mol. The van der Waals surface area contributed by atoms with Crippen molar-refractivity contribution in [3.8, 4) is 0 Å². The molecule has 92 valence electrons. The van der Waals surface area contributed by atoms with Crippen LogP contribution >= 0.6 is 23.5 Å². The van der Waals surface area contributed by atoms with Crippen molar-refractivity contribution in [3.05, 3.63) is 72.8 Å². The summed E-state index contributed by atoms with van der Waals surface area (Å²) in [4.78, 5) is 2.62. The van der Waals surface area contributed by atoms with Crippen molar-refractivity contribution >= 4 is 23.5 Å². The lowest BCUT2D eigenvalue weighted by Gasteiger charge is -2.12. The van der Waals surface area contributed by atoms with Gasteiger partial charge >= 0.3 is 0 Å². The van der Waals surface area contributed by atoms with Crippen molar-refractivity contribution in [2.45, 2.75) is 21.3 Å². The van der Waals surface area contributed by atoms with Crippen LogP contribution in [-0.2, 0) is 0 Å². The highest BCUT2D eigenvalue weighted by Crippen LogP contribution is 2.36. The third-order valence-corrected chi connectivity index (χ3v) is 4.79. The molecule has 0 fully saturated rings. The SMILES string of the molecule is C/C=C/C(Sc1ccccc1)Sc1ccccc1. The zero-order valence-corrected chi connectivity index (χ0v) is 12.0. The maximum Gasteiger partial charge on any atom is 0.0776 e. The van der Waals surface area contributed by atoms with Crippen LogP contribution in [0.2, 0.25) is 0 Å². The van der Waals surface area contributed by atoms with Crippen molar-refractivity contribution in [2.24, 2.45) is 0 Å². The second-order valence-corrected chi connectivity index (χ2v) is 6.48. The molecule has 2 rings (SSSR count). The van der Waals surface area contributed by atoms with E-state index in [4.69, 9.17) is 0 Å². The smallest absolute Gasteiger partial charge is 0.0776 e. The molecule has 18 heavy (non-hydrogen) atoms. The first-order valence-corrected chi connectivity index (χ1v) is 7.70. The van der Waals surface area contributed by atoms with Crippen LogP contribution in [0.3, 0.4) is 0 Å². The van der Waals surface area contributed by atoms with Crippen LogP contribution in [0.5, 0.6) is 0 Å². The molecule has 0 aliphatic rings. The largest absolute Gasteiger partial charge is 0.107 e. The first-order chi connectivity index (χ1) is 8.88. The van der Waals surface area contributed by atoms with Crippen molar-refractivity contribution in [3.63, 3.8) is 0 Å². The van der Waals surface area contributed by atoms with Crippen LogP contribution in [-0.4, -0.2) is 4.58 Å². The van der Waals surface area contributed by atoms with E-state index in [-0.39, 0.29) is 0 Å². The fraction of sp³-hybridized carbons (Fsp3) is 0.125. The minimum absolute atomic E-state index is 0.416. The van der Waals surface area contributed by atoms with Gasteiger partial charge in [-0.05, 0) is 31.2 Å². The molecular formula is C16H16S2. The molecule has 0 aliphatic carbocycles. The Morgan fingerprint density at radius 3 is 1.61 bits per heavy atom. The van der Waals surface area contributed by atoms with Gasteiger partial charge in [0.15, 0.2) is 0 Å². The molecule has 0 aliphatic heterocycles. The highest BCUT2D eigenvalue weighted by molar-refractivity contribution is 8.17. The lowest BCUT2D eigenvalue weighted by Crippen LogP contribution is -1.91. The van der Waals surface area contributed by atoms with Crippen molar-refractivity contribution in [1.82, 2.24) is 0 Å². The van der Waals surface area contributed by atoms with E-state index in [1.165, 1.54) is 9.79 Å². The van der Waals surface area contributed by atoms with Crippen LogP contribution in [0.25, 0.3) is 0 Å². The van der Waals surface area contributed by atoms with Gasteiger partial charge in [0.25, 0.3) is 0 Å². The molecule has 0 nitrogen and oxygen atoms in total. The van der Waals surface area contributed by atoms with Gasteiger partial charge in [0, 0.05) is 9.79 Å². The molecule has 0 bridgehead atoms. The van der Waals surface area contributed by atoms with Gasteiger partial charge in [-0.3, -0.25) is 0 Å². The van der Waals surface area contributed by atoms with Gasteiger partial charge in [-0.15, -0.1) is 23.5 Å². The molecule has 0 amide bonds. The fourth-order valence-corrected chi connectivity index (χ4v) is 4.02. The molecule has 2 aromatic rings. The van der Waals surface area contributed by atoms with Crippen molar-refractivity contribution < 1.29 is 0 Å². The third kappa shape index (κ3) is 4.28. The van der Waals surface area contributed by atoms with Crippen LogP contribution in [0.15, 0.2) is 82.6 Å². The van der Waals surface area contributed by atoms with Gasteiger partial charge in [0.05, 0.1) is 4.58 Å². The monoisotopic (exact) mass is 272 g/mol. The highest BCUT2D eigenvalue weighted by Gasteiger charge is 2.08. The summed E-state index contributed by atoms with van der Waals surface area (Å²) in [5, 5.41) is 0. The number of allylic oxidation sites excluding steroid dienone is 1. The summed E-state index contributed by atoms with van der Waals surface area (Å²) in [6.07, 6.45) is 4.37. The van der Waals surface area contributed by atoms with E-state index in [0.29, 0.717) is 4.58 Å².